The van der Waals surface area contributed by atoms with Gasteiger partial charge in [0.25, 0.3) is 0 Å². The molecule has 0 unspecified atom stereocenters. The fourth-order valence-corrected chi connectivity index (χ4v) is 16.6. The van der Waals surface area contributed by atoms with E-state index in [9.17, 15) is 9.59 Å². The van der Waals surface area contributed by atoms with Crippen LogP contribution >= 0.6 is 99.1 Å². The quantitative estimate of drug-likeness (QED) is 0.0271. The van der Waals surface area contributed by atoms with Crippen LogP contribution in [-0.2, 0) is 4.79 Å². The molecule has 4 aromatic heterocycles. The number of rotatable bonds is 11. The molecular weight excluding hydrogens is 1690 g/mol. The van der Waals surface area contributed by atoms with Crippen LogP contribution in [0.15, 0.2) is 199 Å². The topological polar surface area (TPSA) is 183 Å². The van der Waals surface area contributed by atoms with E-state index < -0.39 is 0 Å². The Morgan fingerprint density at radius 1 is 0.468 bits per heavy atom. The Labute approximate surface area is 695 Å². The molecule has 0 atom stereocenters. The minimum atomic E-state index is -0.0432. The molecule has 6 aliphatic heterocycles. The number of anilines is 4. The van der Waals surface area contributed by atoms with Crippen LogP contribution in [0.4, 0.5) is 28.4 Å². The summed E-state index contributed by atoms with van der Waals surface area (Å²) in [6.45, 7) is 13.6. The van der Waals surface area contributed by atoms with Gasteiger partial charge in [-0.05, 0) is 323 Å². The van der Waals surface area contributed by atoms with Crippen molar-refractivity contribution in [2.24, 2.45) is 10.7 Å². The summed E-state index contributed by atoms with van der Waals surface area (Å²) in [6.07, 6.45) is 20.3. The molecular formula is C85H111Br4Cl2N15O2S. The van der Waals surface area contributed by atoms with Gasteiger partial charge in [-0.1, -0.05) is 69.8 Å². The minimum absolute atomic E-state index is 0. The lowest BCUT2D eigenvalue weighted by atomic mass is 10.0. The number of nitrogens with two attached hydrogens (primary N) is 3. The molecule has 8 N–H and O–H groups in total. The zero-order chi connectivity index (χ0) is 76.6. The normalized spacial score (nSPS) is 17.9. The number of nitrogens with zero attached hydrogens (tertiary/aromatic N) is 10. The molecule has 0 saturated carbocycles. The van der Waals surface area contributed by atoms with Crippen molar-refractivity contribution < 1.29 is 9.59 Å². The molecule has 0 spiro atoms. The Morgan fingerprint density at radius 3 is 1.32 bits per heavy atom. The first-order valence-electron chi connectivity index (χ1n) is 38.0. The fraction of sp³-hybridized carbons (Fsp3) is 0.424. The van der Waals surface area contributed by atoms with Crippen LogP contribution in [0.5, 0.6) is 0 Å². The molecule has 6 saturated heterocycles. The summed E-state index contributed by atoms with van der Waals surface area (Å²) < 4.78 is 11.6. The number of Topliss-reactive ketones (excluding diaryl/α,β-unsaturated/α-hetero) is 2. The molecule has 0 aliphatic carbocycles. The number of likely N-dealkylation sites (tertiary alicyclic amines) is 6. The van der Waals surface area contributed by atoms with E-state index in [0.717, 1.165) is 97.4 Å². The summed E-state index contributed by atoms with van der Waals surface area (Å²) in [4.78, 5) is 42.2. The summed E-state index contributed by atoms with van der Waals surface area (Å²) in [7, 11) is 13.0. The number of hydrogen-bond donors (Lipinski definition) is 5. The maximum absolute atomic E-state index is 11.9. The number of ketones is 2. The smallest absolute Gasteiger partial charge is 0.179 e. The zero-order valence-electron chi connectivity index (χ0n) is 64.0. The third-order valence-corrected chi connectivity index (χ3v) is 24.4. The number of aromatic nitrogens is 3. The second-order valence-corrected chi connectivity index (χ2v) is 34.5. The zero-order valence-corrected chi connectivity index (χ0v) is 72.8. The maximum atomic E-state index is 11.9. The number of carbonyl (C=O) groups excluding carboxylic acids is 2. The summed E-state index contributed by atoms with van der Waals surface area (Å²) in [5.74, 6) is 0.971. The lowest BCUT2D eigenvalue weighted by molar-refractivity contribution is -0.121. The Balaban J connectivity index is 0.000000150. The van der Waals surface area contributed by atoms with E-state index in [4.69, 9.17) is 28.8 Å². The highest BCUT2D eigenvalue weighted by molar-refractivity contribution is 9.11. The number of amidine groups is 1. The first kappa shape index (κ1) is 86.9. The molecule has 24 heteroatoms. The first-order valence-corrected chi connectivity index (χ1v) is 42.6. The lowest BCUT2D eigenvalue weighted by Gasteiger charge is -2.30. The van der Waals surface area contributed by atoms with E-state index in [0.29, 0.717) is 47.4 Å². The SMILES string of the molecule is CN1CCC(=O)CC1.CN1CCC(Nc2ccc(Br)cc2)CC1.CN1CCC(Nc2ccc(Br)cc2C(=O)CCl)CC1.CN1CCC(n2ccc3cc(Br)ccc32)CC1.CN1CCC(n2ccc3cc(N)ccc32)CC1.CN1CCC(n2ccc3cc(N=C(N)c4cccs4)ccc32)CC1.Cl.Nc1ccc(Br)cc1. The van der Waals surface area contributed by atoms with Crippen LogP contribution in [0.3, 0.4) is 0 Å². The van der Waals surface area contributed by atoms with E-state index in [1.54, 1.807) is 11.3 Å². The number of thiophene rings is 1. The van der Waals surface area contributed by atoms with Crippen molar-refractivity contribution >= 4 is 178 Å². The van der Waals surface area contributed by atoms with Gasteiger partial charge < -0.3 is 70.9 Å². The number of hydrogen-bond acceptors (Lipinski definition) is 14. The molecule has 0 radical (unpaired) electrons. The molecule has 16 rings (SSSR count). The summed E-state index contributed by atoms with van der Waals surface area (Å²) in [6, 6.07) is 54.3. The monoisotopic (exact) mass is 1790 g/mol. The molecule has 10 heterocycles. The molecule has 0 amide bonds. The molecule has 586 valence electrons. The second kappa shape index (κ2) is 43.8. The minimum Gasteiger partial charge on any atom is -0.399 e. The average molecular weight is 1800 g/mol. The summed E-state index contributed by atoms with van der Waals surface area (Å²) in [5, 5.41) is 12.9. The highest BCUT2D eigenvalue weighted by Crippen LogP contribution is 2.34. The fourth-order valence-electron chi connectivity index (χ4n) is 14.5. The maximum Gasteiger partial charge on any atom is 0.179 e. The van der Waals surface area contributed by atoms with E-state index >= 15 is 0 Å². The number of alkyl halides is 1. The second-order valence-electron chi connectivity index (χ2n) is 29.6. The highest BCUT2D eigenvalue weighted by Gasteiger charge is 2.24. The number of nitrogen functional groups attached to an aromatic ring is 2. The number of carbonyl (C=O) groups is 2. The number of piperidine rings is 6. The number of benzene rings is 6. The average Bonchev–Trinajstić information content (AvgIpc) is 1.69. The third kappa shape index (κ3) is 27.1. The van der Waals surface area contributed by atoms with E-state index in [1.165, 1.54) is 142 Å². The van der Waals surface area contributed by atoms with Crippen molar-refractivity contribution in [3.63, 3.8) is 0 Å². The van der Waals surface area contributed by atoms with Gasteiger partial charge in [-0.3, -0.25) is 9.59 Å². The molecule has 6 aliphatic rings. The van der Waals surface area contributed by atoms with Crippen LogP contribution < -0.4 is 27.8 Å². The van der Waals surface area contributed by atoms with Gasteiger partial charge in [0, 0.05) is 154 Å². The van der Waals surface area contributed by atoms with Crippen molar-refractivity contribution in [2.45, 2.75) is 107 Å². The van der Waals surface area contributed by atoms with Crippen LogP contribution in [0.1, 0.15) is 110 Å². The third-order valence-electron chi connectivity index (χ3n) is 21.2. The van der Waals surface area contributed by atoms with Gasteiger partial charge in [0.15, 0.2) is 5.78 Å². The molecule has 6 fully saturated rings. The Kier molecular flexibility index (Phi) is 34.9. The van der Waals surface area contributed by atoms with Gasteiger partial charge in [-0.25, -0.2) is 4.99 Å². The van der Waals surface area contributed by atoms with Gasteiger partial charge in [0.05, 0.1) is 16.4 Å². The van der Waals surface area contributed by atoms with Crippen molar-refractivity contribution in [1.29, 1.82) is 0 Å². The van der Waals surface area contributed by atoms with E-state index in [-0.39, 0.29) is 24.1 Å². The van der Waals surface area contributed by atoms with E-state index in [1.807, 2.05) is 73.1 Å². The van der Waals surface area contributed by atoms with Gasteiger partial charge in [0.1, 0.15) is 11.6 Å². The van der Waals surface area contributed by atoms with Gasteiger partial charge >= 0.3 is 0 Å². The highest BCUT2D eigenvalue weighted by atomic mass is 79.9. The predicted molar refractivity (Wildman–Crippen MR) is 479 cm³/mol. The van der Waals surface area contributed by atoms with Gasteiger partial charge in [-0.15, -0.1) is 35.3 Å². The Hall–Kier alpha value is -6.09. The Morgan fingerprint density at radius 2 is 0.862 bits per heavy atom. The van der Waals surface area contributed by atoms with Crippen LogP contribution in [0.2, 0.25) is 0 Å². The van der Waals surface area contributed by atoms with Crippen molar-refractivity contribution in [3.05, 3.63) is 204 Å². The van der Waals surface area contributed by atoms with E-state index in [2.05, 4.69) is 267 Å². The first-order chi connectivity index (χ1) is 52.1. The van der Waals surface area contributed by atoms with Crippen LogP contribution in [-0.4, -0.2) is 199 Å². The largest absolute Gasteiger partial charge is 0.399 e. The van der Waals surface area contributed by atoms with Crippen molar-refractivity contribution in [2.75, 3.05) is 149 Å². The van der Waals surface area contributed by atoms with Gasteiger partial charge in [0.2, 0.25) is 0 Å². The Bertz CT molecular complexity index is 4310. The van der Waals surface area contributed by atoms with Crippen LogP contribution in [0.25, 0.3) is 32.7 Å². The summed E-state index contributed by atoms with van der Waals surface area (Å²) >= 11 is 20.9. The van der Waals surface area contributed by atoms with Crippen molar-refractivity contribution in [1.82, 2.24) is 43.1 Å². The number of halogens is 6. The number of fused-ring (bicyclic) bond motifs is 3. The molecule has 6 aromatic carbocycles. The number of aliphatic imine (C=N–C) groups is 1. The molecule has 10 aromatic rings. The predicted octanol–water partition coefficient (Wildman–Crippen LogP) is 19.2. The summed E-state index contributed by atoms with van der Waals surface area (Å²) in [5.41, 5.74) is 26.6. The molecule has 109 heavy (non-hydrogen) atoms. The van der Waals surface area contributed by atoms with Gasteiger partial charge in [-0.2, -0.15) is 0 Å². The molecule has 17 nitrogen and oxygen atoms in total. The van der Waals surface area contributed by atoms with Crippen LogP contribution in [0, 0.1) is 0 Å². The van der Waals surface area contributed by atoms with Crippen molar-refractivity contribution in [3.8, 4) is 0 Å². The molecule has 0 bridgehead atoms. The number of nitrogens with one attached hydrogen (secondary N) is 2. The lowest BCUT2D eigenvalue weighted by Crippen LogP contribution is -2.37. The standard InChI is InChI=1S/C19H22N4S.C14H18BrClN2O.C14H17BrN2.C14H19N3.C12H17BrN2.C6H6BrN.C6H11NO.ClH/c1-22-9-7-16(8-10-22)23-11-6-14-13-15(4-5-17(14)23)21-19(20)18-3-2-12-24-18;1-18-6-4-11(5-7-18)17-13-3-2-10(15)8-12(13)14(19)9-16;2*1-16-7-5-13(6-8-16)17-9-4-11-10-12(15)2-3-14(11)17;1-15-8-6-12(7-9-15)14-11-4-2-10(13)3-5-11;7-5-1-3-6(8)4-2-5;1-7-4-2-6(8)3-5-7;/h2-6,11-13,16H,7-10H2,1H3,(H2,20,21);2-3,8,11,17H,4-7,9H2,1H3;2-4,9-10,13H,5-8H2,1H3;2-4,9-10,13H,5-8,15H2,1H3;2-5,12,14H,6-9H2,1H3;1-4H,8H2;2-5H2,1H3;1H.